The van der Waals surface area contributed by atoms with E-state index in [-0.39, 0.29) is 22.7 Å². The molecule has 44 heavy (non-hydrogen) atoms. The number of hydrogen-bond acceptors (Lipinski definition) is 11. The second kappa shape index (κ2) is 12.5. The van der Waals surface area contributed by atoms with Crippen molar-refractivity contribution in [1.82, 2.24) is 24.6 Å². The number of ether oxygens (including phenoxy) is 2. The van der Waals surface area contributed by atoms with Gasteiger partial charge in [-0.05, 0) is 44.0 Å². The number of nitrogen functional groups attached to an aromatic ring is 1. The third-order valence-electron chi connectivity index (χ3n) is 6.92. The third kappa shape index (κ3) is 6.10. The van der Waals surface area contributed by atoms with Crippen molar-refractivity contribution in [3.05, 3.63) is 55.1 Å². The number of nitrogens with zero attached hydrogens (tertiary/aromatic N) is 4. The first-order valence-electron chi connectivity index (χ1n) is 13.5. The van der Waals surface area contributed by atoms with E-state index in [1.54, 1.807) is 38.1 Å². The van der Waals surface area contributed by atoms with Gasteiger partial charge < -0.3 is 29.4 Å². The lowest BCUT2D eigenvalue weighted by atomic mass is 9.98. The Morgan fingerprint density at radius 3 is 2.66 bits per heavy atom. The van der Waals surface area contributed by atoms with Crippen molar-refractivity contribution in [3.8, 4) is 5.75 Å². The van der Waals surface area contributed by atoms with Crippen LogP contribution in [0.5, 0.6) is 5.75 Å². The fourth-order valence-electron chi connectivity index (χ4n) is 4.72. The molecule has 236 valence electrons. The number of nitrogens with two attached hydrogens (primary N) is 1. The van der Waals surface area contributed by atoms with Gasteiger partial charge in [-0.15, -0.1) is 0 Å². The first kappa shape index (κ1) is 32.0. The molecule has 5 rings (SSSR count). The molecule has 12 nitrogen and oxygen atoms in total. The molecule has 0 radical (unpaired) electrons. The van der Waals surface area contributed by atoms with Gasteiger partial charge in [0.15, 0.2) is 29.5 Å². The Morgan fingerprint density at radius 2 is 1.93 bits per heavy atom. The molecule has 0 aliphatic carbocycles. The number of aliphatic hydroxyl groups excluding tert-OH is 1. The van der Waals surface area contributed by atoms with Crippen molar-refractivity contribution in [1.29, 1.82) is 0 Å². The predicted molar refractivity (Wildman–Crippen MR) is 158 cm³/mol. The molecular formula is C27H30F3N6O6PS. The lowest BCUT2D eigenvalue weighted by molar-refractivity contribution is -0.181. The average Bonchev–Trinajstić information content (AvgIpc) is 3.52. The van der Waals surface area contributed by atoms with Gasteiger partial charge in [0.25, 0.3) is 6.43 Å². The highest BCUT2D eigenvalue weighted by atomic mass is 32.5. The number of imidazole rings is 1. The maximum Gasteiger partial charge on any atom is 0.323 e. The van der Waals surface area contributed by atoms with E-state index in [9.17, 15) is 18.7 Å². The molecule has 1 fully saturated rings. The Labute approximate surface area is 254 Å². The molecule has 2 aromatic carbocycles. The van der Waals surface area contributed by atoms with E-state index >= 15 is 4.39 Å². The van der Waals surface area contributed by atoms with E-state index in [0.717, 1.165) is 22.6 Å². The van der Waals surface area contributed by atoms with Crippen LogP contribution in [0, 0.1) is 0 Å². The number of anilines is 1. The lowest BCUT2D eigenvalue weighted by Gasteiger charge is -2.33. The van der Waals surface area contributed by atoms with Gasteiger partial charge in [0.05, 0.1) is 19.0 Å². The molecule has 0 amide bonds. The third-order valence-corrected chi connectivity index (χ3v) is 9.38. The number of benzene rings is 2. The van der Waals surface area contributed by atoms with Crippen LogP contribution in [0.3, 0.4) is 0 Å². The van der Waals surface area contributed by atoms with Gasteiger partial charge in [-0.2, -0.15) is 0 Å². The molecule has 2 aromatic heterocycles. The summed E-state index contributed by atoms with van der Waals surface area (Å²) in [6.45, 7) is -0.360. The van der Waals surface area contributed by atoms with E-state index in [0.29, 0.717) is 5.39 Å². The SMILES string of the molecule is CC(C)OC(=O)C(C)NP(=S)(OCC1(C(F)F)OC(n2cnc3c(N)ncnc32)C(O)C1F)Oc1cccc2ccccc12. The molecular weight excluding hydrogens is 624 g/mol. The molecule has 6 unspecified atom stereocenters. The Bertz CT molecular complexity index is 1710. The number of halogens is 3. The topological polar surface area (TPSA) is 156 Å². The number of fused-ring (bicyclic) bond motifs is 2. The number of nitrogens with one attached hydrogen (secondary N) is 1. The molecule has 0 bridgehead atoms. The van der Waals surface area contributed by atoms with Gasteiger partial charge >= 0.3 is 12.6 Å². The molecule has 1 saturated heterocycles. The molecule has 6 atom stereocenters. The molecule has 1 aliphatic heterocycles. The number of alkyl halides is 3. The van der Waals surface area contributed by atoms with Crippen LogP contribution < -0.4 is 15.3 Å². The van der Waals surface area contributed by atoms with Crippen LogP contribution in [0.4, 0.5) is 19.0 Å². The molecule has 1 aliphatic rings. The maximum atomic E-state index is 15.8. The highest BCUT2D eigenvalue weighted by Crippen LogP contribution is 2.51. The number of aliphatic hydroxyl groups is 1. The second-order valence-corrected chi connectivity index (χ2v) is 13.6. The smallest absolute Gasteiger partial charge is 0.323 e. The molecule has 4 N–H and O–H groups in total. The van der Waals surface area contributed by atoms with E-state index in [1.807, 2.05) is 18.2 Å². The monoisotopic (exact) mass is 654 g/mol. The summed E-state index contributed by atoms with van der Waals surface area (Å²) in [5.74, 6) is -0.477. The summed E-state index contributed by atoms with van der Waals surface area (Å²) in [4.78, 5) is 24.5. The van der Waals surface area contributed by atoms with Gasteiger partial charge in [0.1, 0.15) is 29.7 Å². The van der Waals surface area contributed by atoms with E-state index in [2.05, 4.69) is 20.0 Å². The van der Waals surface area contributed by atoms with E-state index < -0.39 is 61.9 Å². The highest BCUT2D eigenvalue weighted by molar-refractivity contribution is 8.09. The fraction of sp³-hybridized carbons (Fsp3) is 0.407. The van der Waals surface area contributed by atoms with E-state index in [1.165, 1.54) is 6.92 Å². The zero-order chi connectivity index (χ0) is 31.8. The van der Waals surface area contributed by atoms with Crippen LogP contribution in [0.15, 0.2) is 55.1 Å². The Balaban J connectivity index is 1.47. The molecule has 17 heteroatoms. The number of aromatic nitrogens is 4. The van der Waals surface area contributed by atoms with E-state index in [4.69, 9.17) is 36.1 Å². The summed E-state index contributed by atoms with van der Waals surface area (Å²) in [7, 11) is 0. The number of carbonyl (C=O) groups excluding carboxylic acids is 1. The van der Waals surface area contributed by atoms with Crippen molar-refractivity contribution >= 4 is 52.2 Å². The predicted octanol–water partition coefficient (Wildman–Crippen LogP) is 4.04. The van der Waals surface area contributed by atoms with Gasteiger partial charge in [-0.1, -0.05) is 36.4 Å². The number of hydrogen-bond donors (Lipinski definition) is 3. The molecule has 0 saturated carbocycles. The van der Waals surface area contributed by atoms with Gasteiger partial charge in [-0.3, -0.25) is 9.36 Å². The van der Waals surface area contributed by atoms with Gasteiger partial charge in [0.2, 0.25) is 0 Å². The Morgan fingerprint density at radius 1 is 1.20 bits per heavy atom. The number of rotatable bonds is 11. The fourth-order valence-corrected chi connectivity index (χ4v) is 7.15. The average molecular weight is 655 g/mol. The number of carbonyl (C=O) groups is 1. The zero-order valence-electron chi connectivity index (χ0n) is 23.7. The number of esters is 1. The minimum atomic E-state index is -3.94. The van der Waals surface area contributed by atoms with Crippen molar-refractivity contribution in [3.63, 3.8) is 0 Å². The summed E-state index contributed by atoms with van der Waals surface area (Å²) in [5, 5.41) is 15.0. The van der Waals surface area contributed by atoms with Crippen LogP contribution in [-0.2, 0) is 30.6 Å². The summed E-state index contributed by atoms with van der Waals surface area (Å²) in [5.41, 5.74) is 2.94. The first-order valence-corrected chi connectivity index (χ1v) is 16.1. The van der Waals surface area contributed by atoms with Crippen LogP contribution in [0.2, 0.25) is 0 Å². The maximum absolute atomic E-state index is 15.8. The quantitative estimate of drug-likeness (QED) is 0.158. The largest absolute Gasteiger partial charge is 0.462 e. The molecule has 0 spiro atoms. The Hall–Kier alpha value is -3.40. The Kier molecular flexibility index (Phi) is 9.12. The minimum Gasteiger partial charge on any atom is -0.462 e. The van der Waals surface area contributed by atoms with Crippen molar-refractivity contribution in [2.45, 2.75) is 63.4 Å². The van der Waals surface area contributed by atoms with Crippen molar-refractivity contribution < 1.29 is 41.6 Å². The van der Waals surface area contributed by atoms with Crippen LogP contribution in [-0.4, -0.2) is 73.6 Å². The standard InChI is InChI=1S/C27H30F3N6O6PS/c1-14(2)40-25(38)15(3)35-43(44,42-18-10-6-8-16-7-4-5-9-17(16)18)39-11-27(26(29)30)21(28)20(37)24(41-27)36-13-34-19-22(31)32-12-33-23(19)36/h4-10,12-15,20-21,24,26,37H,11H2,1-3H3,(H,35,44)(H2,31,32,33). The van der Waals surface area contributed by atoms with Crippen LogP contribution in [0.1, 0.15) is 27.0 Å². The van der Waals surface area contributed by atoms with Crippen LogP contribution >= 0.6 is 6.64 Å². The van der Waals surface area contributed by atoms with Gasteiger partial charge in [0, 0.05) is 5.39 Å². The summed E-state index contributed by atoms with van der Waals surface area (Å²) < 4.78 is 69.1. The summed E-state index contributed by atoms with van der Waals surface area (Å²) in [6.07, 6.45) is -8.17. The first-order chi connectivity index (χ1) is 20.8. The summed E-state index contributed by atoms with van der Waals surface area (Å²) >= 11 is 5.70. The molecule has 4 aromatic rings. The molecule has 3 heterocycles. The van der Waals surface area contributed by atoms with Crippen molar-refractivity contribution in [2.24, 2.45) is 0 Å². The van der Waals surface area contributed by atoms with Gasteiger partial charge in [-0.25, -0.2) is 33.2 Å². The zero-order valence-corrected chi connectivity index (χ0v) is 25.4. The second-order valence-electron chi connectivity index (χ2n) is 10.4. The summed E-state index contributed by atoms with van der Waals surface area (Å²) in [6, 6.07) is 11.2. The van der Waals surface area contributed by atoms with Crippen LogP contribution in [0.25, 0.3) is 21.9 Å². The highest BCUT2D eigenvalue weighted by Gasteiger charge is 2.62. The lowest BCUT2D eigenvalue weighted by Crippen LogP contribution is -2.51. The normalized spacial score (nSPS) is 24.2. The van der Waals surface area contributed by atoms with Crippen molar-refractivity contribution in [2.75, 3.05) is 12.3 Å². The minimum absolute atomic E-state index is 0.0102.